The van der Waals surface area contributed by atoms with E-state index in [9.17, 15) is 0 Å². The van der Waals surface area contributed by atoms with Gasteiger partial charge in [0.05, 0.1) is 25.2 Å². The molecule has 0 aliphatic carbocycles. The lowest BCUT2D eigenvalue weighted by Crippen LogP contribution is -2.00. The molecule has 1 aliphatic heterocycles. The van der Waals surface area contributed by atoms with E-state index in [1.165, 1.54) is 0 Å². The number of rotatable bonds is 5. The van der Waals surface area contributed by atoms with Crippen LogP contribution in [-0.2, 0) is 0 Å². The summed E-state index contributed by atoms with van der Waals surface area (Å²) in [7, 11) is 1.63. The van der Waals surface area contributed by atoms with Crippen molar-refractivity contribution in [3.8, 4) is 28.5 Å². The minimum Gasteiger partial charge on any atom is -0.497 e. The molecule has 8 nitrogen and oxygen atoms in total. The first kappa shape index (κ1) is 15.8. The van der Waals surface area contributed by atoms with Gasteiger partial charge in [0, 0.05) is 5.56 Å². The third-order valence-electron chi connectivity index (χ3n) is 3.72. The second-order valence-corrected chi connectivity index (χ2v) is 5.38. The van der Waals surface area contributed by atoms with Crippen LogP contribution in [0.25, 0.3) is 11.3 Å². The predicted molar refractivity (Wildman–Crippen MR) is 95.6 cm³/mol. The Balaban J connectivity index is 1.46. The highest BCUT2D eigenvalue weighted by atomic mass is 16.7. The van der Waals surface area contributed by atoms with E-state index < -0.39 is 0 Å². The molecule has 0 saturated heterocycles. The molecule has 0 amide bonds. The molecule has 0 saturated carbocycles. The summed E-state index contributed by atoms with van der Waals surface area (Å²) in [4.78, 5) is 4.40. The van der Waals surface area contributed by atoms with Crippen LogP contribution in [0.15, 0.2) is 53.8 Å². The summed E-state index contributed by atoms with van der Waals surface area (Å²) < 4.78 is 15.8. The predicted octanol–water partition coefficient (Wildman–Crippen LogP) is 2.72. The number of nitrogens with zero attached hydrogens (tertiary/aromatic N) is 4. The molecule has 0 unspecified atom stereocenters. The molecule has 0 radical (unpaired) electrons. The van der Waals surface area contributed by atoms with E-state index in [1.54, 1.807) is 19.5 Å². The van der Waals surface area contributed by atoms with Crippen LogP contribution >= 0.6 is 0 Å². The van der Waals surface area contributed by atoms with Gasteiger partial charge >= 0.3 is 0 Å². The number of ether oxygens (including phenoxy) is 3. The number of methoxy groups -OCH3 is 1. The standard InChI is InChI=1S/C18H15N5O3/c1-24-14-5-3-13(4-6-14)15-10-20-23-18(21-15)22-19-9-12-2-7-16-17(8-12)26-11-25-16/h2-10H,11H2,1H3,(H,21,22,23)/b19-9+. The van der Waals surface area contributed by atoms with Crippen LogP contribution in [0.2, 0.25) is 0 Å². The van der Waals surface area contributed by atoms with Gasteiger partial charge in [0.1, 0.15) is 5.75 Å². The van der Waals surface area contributed by atoms with E-state index in [-0.39, 0.29) is 6.79 Å². The number of hydrazone groups is 1. The minimum absolute atomic E-state index is 0.242. The topological polar surface area (TPSA) is 90.8 Å². The Morgan fingerprint density at radius 1 is 1.12 bits per heavy atom. The van der Waals surface area contributed by atoms with Crippen molar-refractivity contribution >= 4 is 12.2 Å². The fourth-order valence-electron chi connectivity index (χ4n) is 2.41. The number of hydrogen-bond donors (Lipinski definition) is 1. The fourth-order valence-corrected chi connectivity index (χ4v) is 2.41. The zero-order valence-corrected chi connectivity index (χ0v) is 13.9. The van der Waals surface area contributed by atoms with Crippen molar-refractivity contribution in [2.75, 3.05) is 19.3 Å². The maximum Gasteiger partial charge on any atom is 0.263 e. The summed E-state index contributed by atoms with van der Waals surface area (Å²) in [6.45, 7) is 0.242. The van der Waals surface area contributed by atoms with Gasteiger partial charge in [-0.2, -0.15) is 10.2 Å². The minimum atomic E-state index is 0.242. The normalized spacial score (nSPS) is 12.3. The van der Waals surface area contributed by atoms with Crippen molar-refractivity contribution < 1.29 is 14.2 Å². The monoisotopic (exact) mass is 349 g/mol. The van der Waals surface area contributed by atoms with Gasteiger partial charge < -0.3 is 14.2 Å². The lowest BCUT2D eigenvalue weighted by Gasteiger charge is -2.04. The zero-order chi connectivity index (χ0) is 17.8. The van der Waals surface area contributed by atoms with Crippen LogP contribution in [0.4, 0.5) is 5.95 Å². The third-order valence-corrected chi connectivity index (χ3v) is 3.72. The molecule has 3 aromatic rings. The van der Waals surface area contributed by atoms with E-state index in [4.69, 9.17) is 14.2 Å². The quantitative estimate of drug-likeness (QED) is 0.559. The Hall–Kier alpha value is -3.68. The van der Waals surface area contributed by atoms with Crippen molar-refractivity contribution in [2.45, 2.75) is 0 Å². The summed E-state index contributed by atoms with van der Waals surface area (Å²) in [5.41, 5.74) is 5.23. The van der Waals surface area contributed by atoms with Gasteiger partial charge in [-0.15, -0.1) is 5.10 Å². The van der Waals surface area contributed by atoms with Crippen LogP contribution in [0.3, 0.4) is 0 Å². The molecule has 0 fully saturated rings. The van der Waals surface area contributed by atoms with Crippen LogP contribution in [0.5, 0.6) is 17.2 Å². The van der Waals surface area contributed by atoms with Crippen molar-refractivity contribution in [2.24, 2.45) is 5.10 Å². The highest BCUT2D eigenvalue weighted by molar-refractivity contribution is 5.81. The summed E-state index contributed by atoms with van der Waals surface area (Å²) in [5, 5.41) is 12.0. The first-order valence-corrected chi connectivity index (χ1v) is 7.85. The lowest BCUT2D eigenvalue weighted by molar-refractivity contribution is 0.174. The second-order valence-electron chi connectivity index (χ2n) is 5.38. The molecule has 8 heteroatoms. The van der Waals surface area contributed by atoms with Gasteiger partial charge in [-0.1, -0.05) is 0 Å². The average Bonchev–Trinajstić information content (AvgIpc) is 3.16. The number of anilines is 1. The molecule has 4 rings (SSSR count). The smallest absolute Gasteiger partial charge is 0.263 e. The molecule has 0 atom stereocenters. The lowest BCUT2D eigenvalue weighted by atomic mass is 10.1. The van der Waals surface area contributed by atoms with Crippen molar-refractivity contribution in [3.63, 3.8) is 0 Å². The number of aromatic nitrogens is 3. The Labute approximate surface area is 149 Å². The van der Waals surface area contributed by atoms with Crippen LogP contribution in [-0.4, -0.2) is 35.3 Å². The molecule has 130 valence electrons. The Morgan fingerprint density at radius 3 is 2.81 bits per heavy atom. The summed E-state index contributed by atoms with van der Waals surface area (Å²) in [5.74, 6) is 2.51. The molecule has 26 heavy (non-hydrogen) atoms. The van der Waals surface area contributed by atoms with E-state index in [1.807, 2.05) is 42.5 Å². The second kappa shape index (κ2) is 7.06. The SMILES string of the molecule is COc1ccc(-c2cnnc(N/N=C/c3ccc4c(c3)OCO4)n2)cc1. The van der Waals surface area contributed by atoms with Gasteiger partial charge in [-0.3, -0.25) is 0 Å². The first-order valence-electron chi connectivity index (χ1n) is 7.85. The van der Waals surface area contributed by atoms with Crippen molar-refractivity contribution in [1.82, 2.24) is 15.2 Å². The van der Waals surface area contributed by atoms with Crippen LogP contribution < -0.4 is 19.6 Å². The van der Waals surface area contributed by atoms with E-state index in [0.29, 0.717) is 17.4 Å². The van der Waals surface area contributed by atoms with Gasteiger partial charge in [-0.25, -0.2) is 10.4 Å². The van der Waals surface area contributed by atoms with Crippen LogP contribution in [0, 0.1) is 0 Å². The molecule has 0 bridgehead atoms. The molecule has 2 heterocycles. The third kappa shape index (κ3) is 3.39. The Bertz CT molecular complexity index is 944. The van der Waals surface area contributed by atoms with Gasteiger partial charge in [-0.05, 0) is 48.0 Å². The van der Waals surface area contributed by atoms with Crippen molar-refractivity contribution in [3.05, 3.63) is 54.2 Å². The van der Waals surface area contributed by atoms with E-state index in [0.717, 1.165) is 22.6 Å². The maximum atomic E-state index is 5.34. The zero-order valence-electron chi connectivity index (χ0n) is 13.9. The molecule has 1 aliphatic rings. The molecular formula is C18H15N5O3. The highest BCUT2D eigenvalue weighted by Gasteiger charge is 2.12. The van der Waals surface area contributed by atoms with Crippen molar-refractivity contribution in [1.29, 1.82) is 0 Å². The number of fused-ring (bicyclic) bond motifs is 1. The average molecular weight is 349 g/mol. The highest BCUT2D eigenvalue weighted by Crippen LogP contribution is 2.32. The summed E-state index contributed by atoms with van der Waals surface area (Å²) in [6, 6.07) is 13.1. The number of benzene rings is 2. The van der Waals surface area contributed by atoms with Gasteiger partial charge in [0.2, 0.25) is 6.79 Å². The summed E-state index contributed by atoms with van der Waals surface area (Å²) in [6.07, 6.45) is 3.24. The summed E-state index contributed by atoms with van der Waals surface area (Å²) >= 11 is 0. The number of nitrogens with one attached hydrogen (secondary N) is 1. The first-order chi connectivity index (χ1) is 12.8. The largest absolute Gasteiger partial charge is 0.497 e. The van der Waals surface area contributed by atoms with Crippen LogP contribution in [0.1, 0.15) is 5.56 Å². The molecular weight excluding hydrogens is 334 g/mol. The van der Waals surface area contributed by atoms with E-state index >= 15 is 0 Å². The maximum absolute atomic E-state index is 5.34. The fraction of sp³-hybridized carbons (Fsp3) is 0.111. The molecule has 1 aromatic heterocycles. The van der Waals surface area contributed by atoms with E-state index in [2.05, 4.69) is 25.7 Å². The molecule has 1 N–H and O–H groups in total. The van der Waals surface area contributed by atoms with Gasteiger partial charge in [0.25, 0.3) is 5.95 Å². The van der Waals surface area contributed by atoms with Gasteiger partial charge in [0.15, 0.2) is 11.5 Å². The number of hydrogen-bond acceptors (Lipinski definition) is 8. The molecule has 0 spiro atoms. The Kier molecular flexibility index (Phi) is 4.29. The Morgan fingerprint density at radius 2 is 1.96 bits per heavy atom. The molecule has 2 aromatic carbocycles.